The Hall–Kier alpha value is -1.85. The first-order chi connectivity index (χ1) is 10.1. The molecule has 5 nitrogen and oxygen atoms in total. The van der Waals surface area contributed by atoms with Crippen LogP contribution in [0.15, 0.2) is 36.7 Å². The van der Waals surface area contributed by atoms with Crippen LogP contribution < -0.4 is 0 Å². The van der Waals surface area contributed by atoms with Crippen LogP contribution in [0.3, 0.4) is 0 Å². The molecule has 0 saturated carbocycles. The van der Waals surface area contributed by atoms with Crippen molar-refractivity contribution in [3.8, 4) is 5.75 Å². The number of benzene rings is 1. The van der Waals surface area contributed by atoms with Crippen LogP contribution in [-0.4, -0.2) is 37.8 Å². The molecule has 1 aromatic heterocycles. The Bertz CT molecular complexity index is 568. The van der Waals surface area contributed by atoms with Gasteiger partial charge in [0.2, 0.25) is 0 Å². The van der Waals surface area contributed by atoms with Gasteiger partial charge < -0.3 is 14.8 Å². The van der Waals surface area contributed by atoms with Crippen molar-refractivity contribution in [2.75, 3.05) is 13.1 Å². The molecule has 0 aliphatic rings. The van der Waals surface area contributed by atoms with Crippen LogP contribution >= 0.6 is 0 Å². The molecule has 2 aromatic rings. The fourth-order valence-electron chi connectivity index (χ4n) is 2.37. The minimum absolute atomic E-state index is 0.177. The Morgan fingerprint density at radius 3 is 2.81 bits per heavy atom. The lowest BCUT2D eigenvalue weighted by atomic mass is 10.1. The molecule has 0 bridgehead atoms. The van der Waals surface area contributed by atoms with E-state index in [-0.39, 0.29) is 5.75 Å². The third-order valence-electron chi connectivity index (χ3n) is 3.64. The van der Waals surface area contributed by atoms with E-state index in [1.54, 1.807) is 24.4 Å². The molecule has 1 heterocycles. The van der Waals surface area contributed by atoms with Crippen LogP contribution in [0.2, 0.25) is 0 Å². The highest BCUT2D eigenvalue weighted by molar-refractivity contribution is 5.28. The number of aromatic hydroxyl groups is 1. The average molecular weight is 289 g/mol. The number of imidazole rings is 1. The van der Waals surface area contributed by atoms with Crippen LogP contribution in [-0.2, 0) is 13.1 Å². The summed E-state index contributed by atoms with van der Waals surface area (Å²) in [5, 5.41) is 19.8. The van der Waals surface area contributed by atoms with E-state index in [9.17, 15) is 10.2 Å². The fourth-order valence-corrected chi connectivity index (χ4v) is 2.37. The summed E-state index contributed by atoms with van der Waals surface area (Å²) in [6.07, 6.45) is 3.15. The SMILES string of the molecule is CCN(Cc1nccn1CC)C[C@H](O)c1cccc(O)c1. The van der Waals surface area contributed by atoms with Gasteiger partial charge in [0, 0.05) is 25.5 Å². The Morgan fingerprint density at radius 2 is 2.14 bits per heavy atom. The Morgan fingerprint density at radius 1 is 1.33 bits per heavy atom. The summed E-state index contributed by atoms with van der Waals surface area (Å²) < 4.78 is 2.10. The van der Waals surface area contributed by atoms with E-state index in [4.69, 9.17) is 0 Å². The van der Waals surface area contributed by atoms with Gasteiger partial charge >= 0.3 is 0 Å². The van der Waals surface area contributed by atoms with E-state index in [1.165, 1.54) is 0 Å². The maximum atomic E-state index is 10.3. The number of phenolic OH excluding ortho intramolecular Hbond substituents is 1. The van der Waals surface area contributed by atoms with E-state index in [0.717, 1.165) is 24.5 Å². The number of aryl methyl sites for hydroxylation is 1. The second-order valence-corrected chi connectivity index (χ2v) is 5.07. The molecule has 5 heteroatoms. The number of aliphatic hydroxyl groups excluding tert-OH is 1. The van der Waals surface area contributed by atoms with Crippen molar-refractivity contribution < 1.29 is 10.2 Å². The maximum absolute atomic E-state index is 10.3. The number of hydrogen-bond donors (Lipinski definition) is 2. The summed E-state index contributed by atoms with van der Waals surface area (Å²) in [5.74, 6) is 1.18. The van der Waals surface area contributed by atoms with E-state index < -0.39 is 6.10 Å². The van der Waals surface area contributed by atoms with Crippen molar-refractivity contribution in [2.45, 2.75) is 33.0 Å². The molecular formula is C16H23N3O2. The minimum atomic E-state index is -0.623. The minimum Gasteiger partial charge on any atom is -0.508 e. The first kappa shape index (κ1) is 15.5. The molecule has 0 spiro atoms. The molecule has 0 aliphatic carbocycles. The summed E-state index contributed by atoms with van der Waals surface area (Å²) in [6, 6.07) is 6.77. The highest BCUT2D eigenvalue weighted by Gasteiger charge is 2.15. The highest BCUT2D eigenvalue weighted by Crippen LogP contribution is 2.19. The summed E-state index contributed by atoms with van der Waals surface area (Å²) in [7, 11) is 0. The van der Waals surface area contributed by atoms with Gasteiger partial charge in [0.25, 0.3) is 0 Å². The van der Waals surface area contributed by atoms with Crippen molar-refractivity contribution in [1.29, 1.82) is 0 Å². The maximum Gasteiger partial charge on any atom is 0.122 e. The Labute approximate surface area is 125 Å². The molecule has 114 valence electrons. The van der Waals surface area contributed by atoms with Gasteiger partial charge in [-0.2, -0.15) is 0 Å². The van der Waals surface area contributed by atoms with Crippen LogP contribution in [0.4, 0.5) is 0 Å². The van der Waals surface area contributed by atoms with Gasteiger partial charge in [-0.05, 0) is 31.2 Å². The van der Waals surface area contributed by atoms with E-state index in [1.807, 2.05) is 12.3 Å². The second kappa shape index (κ2) is 7.24. The summed E-state index contributed by atoms with van der Waals surface area (Å²) in [5.41, 5.74) is 0.729. The quantitative estimate of drug-likeness (QED) is 0.820. The van der Waals surface area contributed by atoms with E-state index in [0.29, 0.717) is 13.1 Å². The molecular weight excluding hydrogens is 266 g/mol. The van der Waals surface area contributed by atoms with Crippen LogP contribution in [0.1, 0.15) is 31.3 Å². The van der Waals surface area contributed by atoms with Crippen molar-refractivity contribution in [3.05, 3.63) is 48.0 Å². The summed E-state index contributed by atoms with van der Waals surface area (Å²) >= 11 is 0. The number of aromatic nitrogens is 2. The molecule has 0 radical (unpaired) electrons. The number of aliphatic hydroxyl groups is 1. The molecule has 0 unspecified atom stereocenters. The van der Waals surface area contributed by atoms with Gasteiger partial charge in [0.1, 0.15) is 11.6 Å². The average Bonchev–Trinajstić information content (AvgIpc) is 2.93. The Balaban J connectivity index is 2.02. The molecule has 2 rings (SSSR count). The van der Waals surface area contributed by atoms with Crippen molar-refractivity contribution >= 4 is 0 Å². The summed E-state index contributed by atoms with van der Waals surface area (Å²) in [4.78, 5) is 6.51. The first-order valence-corrected chi connectivity index (χ1v) is 7.33. The molecule has 1 aromatic carbocycles. The molecule has 0 fully saturated rings. The topological polar surface area (TPSA) is 61.5 Å². The Kier molecular flexibility index (Phi) is 5.36. The zero-order valence-electron chi connectivity index (χ0n) is 12.6. The van der Waals surface area contributed by atoms with Crippen molar-refractivity contribution in [1.82, 2.24) is 14.5 Å². The molecule has 0 amide bonds. The smallest absolute Gasteiger partial charge is 0.122 e. The van der Waals surface area contributed by atoms with E-state index >= 15 is 0 Å². The lowest BCUT2D eigenvalue weighted by Gasteiger charge is -2.23. The second-order valence-electron chi connectivity index (χ2n) is 5.07. The summed E-state index contributed by atoms with van der Waals surface area (Å²) in [6.45, 7) is 7.08. The number of rotatable bonds is 7. The number of phenols is 1. The van der Waals surface area contributed by atoms with Gasteiger partial charge in [-0.25, -0.2) is 4.98 Å². The standard InChI is InChI=1S/C16H23N3O2/c1-3-18(12-16-17-8-9-19(16)4-2)11-15(21)13-6-5-7-14(20)10-13/h5-10,15,20-21H,3-4,11-12H2,1-2H3/t15-/m0/s1. The van der Waals surface area contributed by atoms with Crippen LogP contribution in [0, 0.1) is 0 Å². The third kappa shape index (κ3) is 4.06. The number of hydrogen-bond acceptors (Lipinski definition) is 4. The molecule has 0 saturated heterocycles. The first-order valence-electron chi connectivity index (χ1n) is 7.33. The lowest BCUT2D eigenvalue weighted by molar-refractivity contribution is 0.110. The van der Waals surface area contributed by atoms with Gasteiger partial charge in [-0.15, -0.1) is 0 Å². The predicted octanol–water partition coefficient (Wildman–Crippen LogP) is 2.16. The third-order valence-corrected chi connectivity index (χ3v) is 3.64. The molecule has 21 heavy (non-hydrogen) atoms. The molecule has 1 atom stereocenters. The van der Waals surface area contributed by atoms with E-state index in [2.05, 4.69) is 28.3 Å². The van der Waals surface area contributed by atoms with Gasteiger partial charge in [-0.3, -0.25) is 4.90 Å². The van der Waals surface area contributed by atoms with Crippen molar-refractivity contribution in [3.63, 3.8) is 0 Å². The van der Waals surface area contributed by atoms with Crippen LogP contribution in [0.5, 0.6) is 5.75 Å². The van der Waals surface area contributed by atoms with Crippen LogP contribution in [0.25, 0.3) is 0 Å². The fraction of sp³-hybridized carbons (Fsp3) is 0.438. The highest BCUT2D eigenvalue weighted by atomic mass is 16.3. The van der Waals surface area contributed by atoms with Gasteiger partial charge in [0.05, 0.1) is 12.6 Å². The normalized spacial score (nSPS) is 12.8. The number of nitrogens with zero attached hydrogens (tertiary/aromatic N) is 3. The largest absolute Gasteiger partial charge is 0.508 e. The van der Waals surface area contributed by atoms with Gasteiger partial charge in [0.15, 0.2) is 0 Å². The van der Waals surface area contributed by atoms with Crippen molar-refractivity contribution in [2.24, 2.45) is 0 Å². The zero-order valence-corrected chi connectivity index (χ0v) is 12.6. The van der Waals surface area contributed by atoms with Gasteiger partial charge in [-0.1, -0.05) is 19.1 Å². The zero-order chi connectivity index (χ0) is 15.2. The monoisotopic (exact) mass is 289 g/mol. The number of likely N-dealkylation sites (N-methyl/N-ethyl adjacent to an activating group) is 1. The predicted molar refractivity (Wildman–Crippen MR) is 81.9 cm³/mol. The molecule has 2 N–H and O–H groups in total. The lowest BCUT2D eigenvalue weighted by Crippen LogP contribution is -2.29. The molecule has 0 aliphatic heterocycles.